The van der Waals surface area contributed by atoms with Crippen molar-refractivity contribution in [2.75, 3.05) is 32.8 Å². The molecule has 278 valence electrons. The third kappa shape index (κ3) is 30.7. The molecular weight excluding hydrogens is 582 g/mol. The highest BCUT2D eigenvalue weighted by molar-refractivity contribution is 5.69. The summed E-state index contributed by atoms with van der Waals surface area (Å²) in [5.41, 5.74) is 0. The number of piperidine rings is 1. The molecule has 47 heavy (non-hydrogen) atoms. The minimum atomic E-state index is -0.0252. The summed E-state index contributed by atoms with van der Waals surface area (Å²) in [6.07, 6.45) is 40.0. The van der Waals surface area contributed by atoms with Crippen molar-refractivity contribution in [3.63, 3.8) is 0 Å². The number of unbranched alkanes of at least 4 members (excludes halogenated alkanes) is 24. The molecule has 5 nitrogen and oxygen atoms in total. The minimum Gasteiger partial charge on any atom is -0.466 e. The molecule has 0 aromatic heterocycles. The summed E-state index contributed by atoms with van der Waals surface area (Å²) in [6.45, 7) is 8.79. The van der Waals surface area contributed by atoms with Gasteiger partial charge < -0.3 is 14.4 Å². The summed E-state index contributed by atoms with van der Waals surface area (Å²) in [5.74, 6) is 0.763. The molecule has 1 heterocycles. The van der Waals surface area contributed by atoms with Crippen LogP contribution in [0.4, 0.5) is 0 Å². The molecule has 0 unspecified atom stereocenters. The van der Waals surface area contributed by atoms with Crippen molar-refractivity contribution in [1.29, 1.82) is 0 Å². The van der Waals surface area contributed by atoms with Gasteiger partial charge in [0.1, 0.15) is 0 Å². The summed E-state index contributed by atoms with van der Waals surface area (Å²) in [6, 6.07) is 0. The maximum Gasteiger partial charge on any atom is 0.307 e. The van der Waals surface area contributed by atoms with E-state index in [4.69, 9.17) is 9.47 Å². The molecule has 0 aromatic rings. The number of esters is 2. The Morgan fingerprint density at radius 3 is 1.26 bits per heavy atom. The summed E-state index contributed by atoms with van der Waals surface area (Å²) < 4.78 is 11.0. The molecule has 1 rings (SSSR count). The molecule has 0 amide bonds. The fourth-order valence-electron chi connectivity index (χ4n) is 7.03. The van der Waals surface area contributed by atoms with Crippen LogP contribution in [0.1, 0.15) is 219 Å². The van der Waals surface area contributed by atoms with Gasteiger partial charge in [0.25, 0.3) is 0 Å². The van der Waals surface area contributed by atoms with Crippen LogP contribution in [0.2, 0.25) is 0 Å². The predicted molar refractivity (Wildman–Crippen MR) is 201 cm³/mol. The van der Waals surface area contributed by atoms with E-state index in [1.807, 2.05) is 0 Å². The first-order valence-corrected chi connectivity index (χ1v) is 21.2. The molecular formula is C42H81NO4. The van der Waals surface area contributed by atoms with Crippen LogP contribution in [0, 0.1) is 5.92 Å². The van der Waals surface area contributed by atoms with Crippen molar-refractivity contribution < 1.29 is 19.1 Å². The zero-order valence-electron chi connectivity index (χ0n) is 31.8. The Bertz CT molecular complexity index is 673. The quantitative estimate of drug-likeness (QED) is 0.0499. The first kappa shape index (κ1) is 43.9. The first-order valence-electron chi connectivity index (χ1n) is 21.2. The van der Waals surface area contributed by atoms with Crippen LogP contribution in [-0.4, -0.2) is 49.7 Å². The van der Waals surface area contributed by atoms with Crippen LogP contribution in [0.25, 0.3) is 0 Å². The van der Waals surface area contributed by atoms with E-state index in [1.165, 1.54) is 167 Å². The van der Waals surface area contributed by atoms with Crippen molar-refractivity contribution in [3.8, 4) is 0 Å². The normalized spacial score (nSPS) is 14.1. The highest BCUT2D eigenvalue weighted by atomic mass is 16.5. The van der Waals surface area contributed by atoms with Gasteiger partial charge in [-0.1, -0.05) is 174 Å². The van der Waals surface area contributed by atoms with Gasteiger partial charge >= 0.3 is 11.9 Å². The van der Waals surface area contributed by atoms with Gasteiger partial charge in [-0.3, -0.25) is 9.59 Å². The Morgan fingerprint density at radius 1 is 0.468 bits per heavy atom. The maximum absolute atomic E-state index is 12.2. The SMILES string of the molecule is CCCCCCCCCCCCCCOC(=O)CCCCCC1CCN(CCC(=O)OCCCCCCCCCCCCCC)CC1. The Morgan fingerprint density at radius 2 is 0.830 bits per heavy atom. The smallest absolute Gasteiger partial charge is 0.307 e. The molecule has 5 heteroatoms. The Kier molecular flexibility index (Phi) is 32.5. The average molecular weight is 664 g/mol. The summed E-state index contributed by atoms with van der Waals surface area (Å²) >= 11 is 0. The van der Waals surface area contributed by atoms with Crippen LogP contribution in [0.3, 0.4) is 0 Å². The van der Waals surface area contributed by atoms with Crippen LogP contribution in [0.5, 0.6) is 0 Å². The molecule has 0 saturated carbocycles. The molecule has 1 fully saturated rings. The number of rotatable bonds is 35. The molecule has 1 aliphatic heterocycles. The summed E-state index contributed by atoms with van der Waals surface area (Å²) in [5, 5.41) is 0. The lowest BCUT2D eigenvalue weighted by Crippen LogP contribution is -2.35. The van der Waals surface area contributed by atoms with Crippen molar-refractivity contribution in [3.05, 3.63) is 0 Å². The Balaban J connectivity index is 1.82. The van der Waals surface area contributed by atoms with Gasteiger partial charge in [0.05, 0.1) is 19.6 Å². The average Bonchev–Trinajstić information content (AvgIpc) is 3.08. The number of carbonyl (C=O) groups excluding carboxylic acids is 2. The van der Waals surface area contributed by atoms with Gasteiger partial charge in [-0.05, 0) is 51.1 Å². The van der Waals surface area contributed by atoms with Gasteiger partial charge in [0.15, 0.2) is 0 Å². The monoisotopic (exact) mass is 664 g/mol. The second-order valence-electron chi connectivity index (χ2n) is 14.9. The maximum atomic E-state index is 12.2. The van der Waals surface area contributed by atoms with E-state index in [1.54, 1.807) is 0 Å². The van der Waals surface area contributed by atoms with Gasteiger partial charge in [-0.25, -0.2) is 0 Å². The van der Waals surface area contributed by atoms with E-state index in [2.05, 4.69) is 18.7 Å². The van der Waals surface area contributed by atoms with Gasteiger partial charge in [-0.15, -0.1) is 0 Å². The van der Waals surface area contributed by atoms with E-state index in [9.17, 15) is 9.59 Å². The molecule has 1 saturated heterocycles. The lowest BCUT2D eigenvalue weighted by molar-refractivity contribution is -0.145. The van der Waals surface area contributed by atoms with E-state index in [0.717, 1.165) is 51.2 Å². The fraction of sp³-hybridized carbons (Fsp3) is 0.952. The number of carbonyl (C=O) groups is 2. The van der Waals surface area contributed by atoms with Gasteiger partial charge in [0, 0.05) is 13.0 Å². The number of nitrogens with zero attached hydrogens (tertiary/aromatic N) is 1. The van der Waals surface area contributed by atoms with Crippen molar-refractivity contribution >= 4 is 11.9 Å². The number of hydrogen-bond acceptors (Lipinski definition) is 5. The van der Waals surface area contributed by atoms with Crippen LogP contribution in [-0.2, 0) is 19.1 Å². The van der Waals surface area contributed by atoms with Crippen LogP contribution >= 0.6 is 0 Å². The highest BCUT2D eigenvalue weighted by Crippen LogP contribution is 2.23. The highest BCUT2D eigenvalue weighted by Gasteiger charge is 2.19. The fourth-order valence-corrected chi connectivity index (χ4v) is 7.03. The van der Waals surface area contributed by atoms with Crippen molar-refractivity contribution in [1.82, 2.24) is 4.90 Å². The predicted octanol–water partition coefficient (Wildman–Crippen LogP) is 12.5. The molecule has 0 aliphatic carbocycles. The Labute approximate surface area is 293 Å². The first-order chi connectivity index (χ1) is 23.2. The standard InChI is InChI=1S/C42H81NO4/c1-3-5-7-9-11-13-15-17-19-21-23-28-38-46-41(44)31-27-25-26-30-40-32-35-43(36-33-40)37-34-42(45)47-39-29-24-22-20-18-16-14-12-10-8-6-4-2/h40H,3-39H2,1-2H3. The number of hydrogen-bond donors (Lipinski definition) is 0. The molecule has 0 bridgehead atoms. The second-order valence-corrected chi connectivity index (χ2v) is 14.9. The third-order valence-corrected chi connectivity index (χ3v) is 10.4. The third-order valence-electron chi connectivity index (χ3n) is 10.4. The molecule has 1 aliphatic rings. The molecule has 0 aromatic carbocycles. The largest absolute Gasteiger partial charge is 0.466 e. The second kappa shape index (κ2) is 34.8. The lowest BCUT2D eigenvalue weighted by atomic mass is 9.91. The van der Waals surface area contributed by atoms with Crippen molar-refractivity contribution in [2.24, 2.45) is 5.92 Å². The topological polar surface area (TPSA) is 55.8 Å². The van der Waals surface area contributed by atoms with Gasteiger partial charge in [-0.2, -0.15) is 0 Å². The summed E-state index contributed by atoms with van der Waals surface area (Å²) in [4.78, 5) is 26.7. The van der Waals surface area contributed by atoms with Gasteiger partial charge in [0.2, 0.25) is 0 Å². The number of ether oxygens (including phenoxy) is 2. The van der Waals surface area contributed by atoms with E-state index < -0.39 is 0 Å². The van der Waals surface area contributed by atoms with E-state index >= 15 is 0 Å². The molecule has 0 spiro atoms. The molecule has 0 N–H and O–H groups in total. The zero-order valence-corrected chi connectivity index (χ0v) is 31.8. The van der Waals surface area contributed by atoms with E-state index in [0.29, 0.717) is 26.1 Å². The minimum absolute atomic E-state index is 0.00556. The zero-order chi connectivity index (χ0) is 33.9. The molecule has 0 radical (unpaired) electrons. The number of likely N-dealkylation sites (tertiary alicyclic amines) is 1. The molecule has 0 atom stereocenters. The lowest BCUT2D eigenvalue weighted by Gasteiger charge is -2.31. The van der Waals surface area contributed by atoms with Crippen LogP contribution in [0.15, 0.2) is 0 Å². The van der Waals surface area contributed by atoms with Crippen LogP contribution < -0.4 is 0 Å². The van der Waals surface area contributed by atoms with E-state index in [-0.39, 0.29) is 11.9 Å². The Hall–Kier alpha value is -1.10. The summed E-state index contributed by atoms with van der Waals surface area (Å²) in [7, 11) is 0. The van der Waals surface area contributed by atoms with Crippen molar-refractivity contribution in [2.45, 2.75) is 219 Å².